The normalized spacial score (nSPS) is 15.5. The first-order chi connectivity index (χ1) is 8.27. The van der Waals surface area contributed by atoms with Crippen LogP contribution in [0.2, 0.25) is 0 Å². The van der Waals surface area contributed by atoms with E-state index in [4.69, 9.17) is 5.73 Å². The highest BCUT2D eigenvalue weighted by molar-refractivity contribution is 5.32. The number of nitrogens with two attached hydrogens (primary N) is 1. The molecule has 1 aromatic rings. The Morgan fingerprint density at radius 3 is 2.33 bits per heavy atom. The van der Waals surface area contributed by atoms with Gasteiger partial charge in [-0.1, -0.05) is 0 Å². The summed E-state index contributed by atoms with van der Waals surface area (Å²) in [7, 11) is 0. The minimum atomic E-state index is -4.73. The van der Waals surface area contributed by atoms with Crippen LogP contribution in [0.5, 0.6) is 0 Å². The van der Waals surface area contributed by atoms with E-state index in [9.17, 15) is 27.8 Å². The highest BCUT2D eigenvalue weighted by Gasteiger charge is 2.36. The quantitative estimate of drug-likeness (QED) is 0.726. The van der Waals surface area contributed by atoms with E-state index in [0.717, 1.165) is 0 Å². The molecule has 0 amide bonds. The molecule has 0 spiro atoms. The van der Waals surface area contributed by atoms with Crippen LogP contribution in [0.3, 0.4) is 0 Å². The number of aliphatic hydroxyl groups is 2. The molecule has 1 rings (SSSR count). The van der Waals surface area contributed by atoms with Crippen LogP contribution >= 0.6 is 0 Å². The van der Waals surface area contributed by atoms with Gasteiger partial charge in [0.05, 0.1) is 11.7 Å². The van der Waals surface area contributed by atoms with Gasteiger partial charge < -0.3 is 15.9 Å². The number of aliphatic hydroxyl groups excluding tert-OH is 2. The van der Waals surface area contributed by atoms with Crippen molar-refractivity contribution in [1.82, 2.24) is 0 Å². The van der Waals surface area contributed by atoms with Crippen molar-refractivity contribution in [2.75, 3.05) is 6.54 Å². The fourth-order valence-corrected chi connectivity index (χ4v) is 1.57. The van der Waals surface area contributed by atoms with Crippen LogP contribution in [0.15, 0.2) is 18.2 Å². The van der Waals surface area contributed by atoms with Crippen molar-refractivity contribution in [2.45, 2.75) is 24.8 Å². The summed E-state index contributed by atoms with van der Waals surface area (Å²) in [5.41, 5.74) is 3.27. The molecular formula is C11H13F4NO2. The molecule has 1 aromatic carbocycles. The SMILES string of the molecule is NCCC(O)C(O)c1cc(F)ccc1C(F)(F)F. The average molecular weight is 267 g/mol. The largest absolute Gasteiger partial charge is 0.416 e. The Morgan fingerprint density at radius 1 is 1.22 bits per heavy atom. The Balaban J connectivity index is 3.17. The van der Waals surface area contributed by atoms with Gasteiger partial charge >= 0.3 is 6.18 Å². The van der Waals surface area contributed by atoms with E-state index >= 15 is 0 Å². The minimum absolute atomic E-state index is 0.00507. The molecule has 7 heteroatoms. The second-order valence-corrected chi connectivity index (χ2v) is 3.82. The fraction of sp³-hybridized carbons (Fsp3) is 0.455. The van der Waals surface area contributed by atoms with Gasteiger partial charge in [-0.15, -0.1) is 0 Å². The van der Waals surface area contributed by atoms with Gasteiger partial charge in [0.1, 0.15) is 11.9 Å². The summed E-state index contributed by atoms with van der Waals surface area (Å²) in [6.45, 7) is -0.00507. The van der Waals surface area contributed by atoms with E-state index in [-0.39, 0.29) is 13.0 Å². The Hall–Kier alpha value is -1.18. The Bertz CT molecular complexity index is 409. The molecule has 0 heterocycles. The Kier molecular flexibility index (Phi) is 4.66. The molecule has 0 bridgehead atoms. The smallest absolute Gasteiger partial charge is 0.390 e. The lowest BCUT2D eigenvalue weighted by Crippen LogP contribution is -2.24. The third-order valence-corrected chi connectivity index (χ3v) is 2.46. The highest BCUT2D eigenvalue weighted by atomic mass is 19.4. The number of benzene rings is 1. The number of alkyl halides is 3. The van der Waals surface area contributed by atoms with Gasteiger partial charge in [0.2, 0.25) is 0 Å². The van der Waals surface area contributed by atoms with Gasteiger partial charge in [0.15, 0.2) is 0 Å². The molecule has 2 atom stereocenters. The van der Waals surface area contributed by atoms with Crippen molar-refractivity contribution in [1.29, 1.82) is 0 Å². The number of rotatable bonds is 4. The van der Waals surface area contributed by atoms with E-state index < -0.39 is 35.3 Å². The first-order valence-electron chi connectivity index (χ1n) is 5.20. The van der Waals surface area contributed by atoms with Crippen LogP contribution in [-0.4, -0.2) is 22.9 Å². The minimum Gasteiger partial charge on any atom is -0.390 e. The Morgan fingerprint density at radius 2 is 1.83 bits per heavy atom. The van der Waals surface area contributed by atoms with Crippen LogP contribution in [0.1, 0.15) is 23.7 Å². The molecule has 0 aromatic heterocycles. The monoisotopic (exact) mass is 267 g/mol. The van der Waals surface area contributed by atoms with Gasteiger partial charge in [-0.2, -0.15) is 13.2 Å². The molecule has 0 fully saturated rings. The number of halogens is 4. The number of hydrogen-bond acceptors (Lipinski definition) is 3. The summed E-state index contributed by atoms with van der Waals surface area (Å²) in [4.78, 5) is 0. The first-order valence-corrected chi connectivity index (χ1v) is 5.20. The zero-order valence-electron chi connectivity index (χ0n) is 9.28. The van der Waals surface area contributed by atoms with Crippen LogP contribution < -0.4 is 5.73 Å². The molecule has 3 nitrogen and oxygen atoms in total. The van der Waals surface area contributed by atoms with Crippen LogP contribution in [0.25, 0.3) is 0 Å². The lowest BCUT2D eigenvalue weighted by atomic mass is 9.96. The van der Waals surface area contributed by atoms with Gasteiger partial charge in [0.25, 0.3) is 0 Å². The molecule has 0 aliphatic rings. The molecular weight excluding hydrogens is 254 g/mol. The van der Waals surface area contributed by atoms with Gasteiger partial charge in [-0.25, -0.2) is 4.39 Å². The zero-order chi connectivity index (χ0) is 13.9. The van der Waals surface area contributed by atoms with Gasteiger partial charge in [-0.05, 0) is 36.7 Å². The Labute approximate surface area is 101 Å². The molecule has 0 aliphatic heterocycles. The summed E-state index contributed by atoms with van der Waals surface area (Å²) in [6, 6.07) is 1.74. The lowest BCUT2D eigenvalue weighted by molar-refractivity contribution is -0.140. The average Bonchev–Trinajstić information content (AvgIpc) is 2.26. The maximum atomic E-state index is 13.0. The van der Waals surface area contributed by atoms with E-state index in [1.54, 1.807) is 0 Å². The highest BCUT2D eigenvalue weighted by Crippen LogP contribution is 2.36. The standard InChI is InChI=1S/C11H13F4NO2/c12-6-1-2-8(11(13,14)15)7(5-6)10(18)9(17)3-4-16/h1-2,5,9-10,17-18H,3-4,16H2. The number of hydrogen-bond donors (Lipinski definition) is 3. The molecule has 4 N–H and O–H groups in total. The summed E-state index contributed by atoms with van der Waals surface area (Å²) in [5, 5.41) is 19.0. The van der Waals surface area contributed by atoms with E-state index in [2.05, 4.69) is 0 Å². The topological polar surface area (TPSA) is 66.5 Å². The van der Waals surface area contributed by atoms with Crippen molar-refractivity contribution < 1.29 is 27.8 Å². The lowest BCUT2D eigenvalue weighted by Gasteiger charge is -2.21. The van der Waals surface area contributed by atoms with E-state index in [0.29, 0.717) is 18.2 Å². The molecule has 0 saturated heterocycles. The second-order valence-electron chi connectivity index (χ2n) is 3.82. The zero-order valence-corrected chi connectivity index (χ0v) is 9.28. The maximum Gasteiger partial charge on any atom is 0.416 e. The van der Waals surface area contributed by atoms with Crippen molar-refractivity contribution in [3.63, 3.8) is 0 Å². The summed E-state index contributed by atoms with van der Waals surface area (Å²) < 4.78 is 50.9. The predicted molar refractivity (Wildman–Crippen MR) is 56.0 cm³/mol. The molecule has 0 aliphatic carbocycles. The first kappa shape index (κ1) is 14.9. The fourth-order valence-electron chi connectivity index (χ4n) is 1.57. The molecule has 18 heavy (non-hydrogen) atoms. The van der Waals surface area contributed by atoms with E-state index in [1.165, 1.54) is 0 Å². The summed E-state index contributed by atoms with van der Waals surface area (Å²) in [6.07, 6.45) is -8.12. The van der Waals surface area contributed by atoms with Crippen LogP contribution in [0.4, 0.5) is 17.6 Å². The molecule has 102 valence electrons. The maximum absolute atomic E-state index is 13.0. The molecule has 0 saturated carbocycles. The third kappa shape index (κ3) is 3.41. The van der Waals surface area contributed by atoms with Crippen molar-refractivity contribution >= 4 is 0 Å². The van der Waals surface area contributed by atoms with E-state index in [1.807, 2.05) is 0 Å². The summed E-state index contributed by atoms with van der Waals surface area (Å²) >= 11 is 0. The van der Waals surface area contributed by atoms with Crippen molar-refractivity contribution in [3.05, 3.63) is 35.1 Å². The summed E-state index contributed by atoms with van der Waals surface area (Å²) in [5.74, 6) is -0.919. The van der Waals surface area contributed by atoms with Gasteiger partial charge in [-0.3, -0.25) is 0 Å². The van der Waals surface area contributed by atoms with Crippen LogP contribution in [-0.2, 0) is 6.18 Å². The van der Waals surface area contributed by atoms with Crippen molar-refractivity contribution in [2.24, 2.45) is 5.73 Å². The van der Waals surface area contributed by atoms with Crippen molar-refractivity contribution in [3.8, 4) is 0 Å². The molecule has 2 unspecified atom stereocenters. The van der Waals surface area contributed by atoms with Gasteiger partial charge in [0, 0.05) is 0 Å². The molecule has 0 radical (unpaired) electrons. The predicted octanol–water partition coefficient (Wildman–Crippen LogP) is 1.59. The second kappa shape index (κ2) is 5.64. The van der Waals surface area contributed by atoms with Crippen LogP contribution in [0, 0.1) is 5.82 Å². The third-order valence-electron chi connectivity index (χ3n) is 2.46.